The number of carbonyl (C=O) groups is 1. The molecule has 4 heteroatoms. The molecular formula is C15H18NO2S. The van der Waals surface area contributed by atoms with Gasteiger partial charge < -0.3 is 4.74 Å². The average molecular weight is 276 g/mol. The summed E-state index contributed by atoms with van der Waals surface area (Å²) in [7, 11) is 1.45. The summed E-state index contributed by atoms with van der Waals surface area (Å²) in [5.74, 6) is 1.21. The zero-order valence-electron chi connectivity index (χ0n) is 11.0. The number of hydrogen-bond donors (Lipinski definition) is 0. The third-order valence-corrected chi connectivity index (χ3v) is 4.08. The number of nitrogens with zero attached hydrogens (tertiary/aromatic N) is 1. The molecule has 0 fully saturated rings. The third-order valence-electron chi connectivity index (χ3n) is 3.17. The van der Waals surface area contributed by atoms with E-state index >= 15 is 0 Å². The summed E-state index contributed by atoms with van der Waals surface area (Å²) >= 11 is 1.56. The van der Waals surface area contributed by atoms with Crippen LogP contribution in [0.25, 0.3) is 0 Å². The smallest absolute Gasteiger partial charge is 0.308 e. The molecule has 0 spiro atoms. The van der Waals surface area contributed by atoms with Crippen LogP contribution in [0.5, 0.6) is 0 Å². The van der Waals surface area contributed by atoms with Crippen molar-refractivity contribution in [1.82, 2.24) is 4.72 Å². The van der Waals surface area contributed by atoms with Crippen molar-refractivity contribution in [2.75, 3.05) is 12.9 Å². The van der Waals surface area contributed by atoms with E-state index in [1.807, 2.05) is 30.3 Å². The maximum absolute atomic E-state index is 11.5. The molecule has 0 saturated carbocycles. The lowest BCUT2D eigenvalue weighted by Gasteiger charge is -2.22. The Morgan fingerprint density at radius 3 is 2.95 bits per heavy atom. The van der Waals surface area contributed by atoms with Crippen LogP contribution in [-0.2, 0) is 9.53 Å². The second-order valence-corrected chi connectivity index (χ2v) is 5.38. The molecule has 0 aromatic heterocycles. The van der Waals surface area contributed by atoms with Crippen molar-refractivity contribution in [2.45, 2.75) is 12.8 Å². The van der Waals surface area contributed by atoms with E-state index in [1.54, 1.807) is 11.9 Å². The van der Waals surface area contributed by atoms with Crippen molar-refractivity contribution < 1.29 is 9.53 Å². The summed E-state index contributed by atoms with van der Waals surface area (Å²) in [5.41, 5.74) is 0.983. The fourth-order valence-electron chi connectivity index (χ4n) is 2.15. The van der Waals surface area contributed by atoms with Crippen molar-refractivity contribution in [2.24, 2.45) is 11.8 Å². The molecule has 101 valence electrons. The maximum Gasteiger partial charge on any atom is 0.308 e. The maximum atomic E-state index is 11.5. The molecule has 2 unspecified atom stereocenters. The first kappa shape index (κ1) is 14.0. The van der Waals surface area contributed by atoms with Gasteiger partial charge in [-0.05, 0) is 42.8 Å². The molecule has 19 heavy (non-hydrogen) atoms. The largest absolute Gasteiger partial charge is 0.469 e. The number of esters is 1. The van der Waals surface area contributed by atoms with Crippen LogP contribution in [0.4, 0.5) is 5.69 Å². The number of hydrogen-bond acceptors (Lipinski definition) is 3. The Hall–Kier alpha value is -1.42. The third kappa shape index (κ3) is 4.31. The molecule has 0 heterocycles. The Labute approximate surface area is 118 Å². The molecule has 0 aliphatic heterocycles. The number of rotatable bonds is 5. The molecule has 1 aliphatic carbocycles. The SMILES string of the molecule is COC(=O)C1CC=CC(CS[N]c2ccccc2)C1. The summed E-state index contributed by atoms with van der Waals surface area (Å²) in [6.07, 6.45) is 5.93. The Morgan fingerprint density at radius 1 is 1.42 bits per heavy atom. The minimum Gasteiger partial charge on any atom is -0.469 e. The molecule has 2 atom stereocenters. The molecule has 2 rings (SSSR count). The molecule has 0 N–H and O–H groups in total. The van der Waals surface area contributed by atoms with Crippen molar-refractivity contribution in [1.29, 1.82) is 0 Å². The van der Waals surface area contributed by atoms with E-state index < -0.39 is 0 Å². The van der Waals surface area contributed by atoms with Crippen molar-refractivity contribution in [3.8, 4) is 0 Å². The van der Waals surface area contributed by atoms with Crippen molar-refractivity contribution in [3.63, 3.8) is 0 Å². The van der Waals surface area contributed by atoms with Crippen LogP contribution in [0.15, 0.2) is 42.5 Å². The van der Waals surface area contributed by atoms with Crippen LogP contribution in [0.3, 0.4) is 0 Å². The predicted molar refractivity (Wildman–Crippen MR) is 78.1 cm³/mol. The van der Waals surface area contributed by atoms with Gasteiger partial charge in [-0.1, -0.05) is 30.4 Å². The van der Waals surface area contributed by atoms with E-state index in [-0.39, 0.29) is 11.9 Å². The lowest BCUT2D eigenvalue weighted by atomic mass is 9.88. The van der Waals surface area contributed by atoms with E-state index in [1.165, 1.54) is 7.11 Å². The highest BCUT2D eigenvalue weighted by molar-refractivity contribution is 7.97. The Morgan fingerprint density at radius 2 is 2.21 bits per heavy atom. The van der Waals surface area contributed by atoms with Gasteiger partial charge in [0.25, 0.3) is 0 Å². The van der Waals surface area contributed by atoms with Gasteiger partial charge in [0, 0.05) is 5.75 Å². The second-order valence-electron chi connectivity index (χ2n) is 4.60. The normalized spacial score (nSPS) is 21.9. The van der Waals surface area contributed by atoms with Crippen molar-refractivity contribution >= 4 is 23.6 Å². The lowest BCUT2D eigenvalue weighted by Crippen LogP contribution is -2.22. The standard InChI is InChI=1S/C15H18NO2S/c1-18-15(17)13-7-5-6-12(10-13)11-19-16-14-8-3-2-4-9-14/h2-6,8-9,12-13H,7,10-11H2,1H3. The second kappa shape index (κ2) is 7.24. The number of carbonyl (C=O) groups excluding carboxylic acids is 1. The summed E-state index contributed by atoms with van der Waals surface area (Å²) in [6, 6.07) is 9.91. The average Bonchev–Trinajstić information content (AvgIpc) is 2.48. The van der Waals surface area contributed by atoms with Gasteiger partial charge in [0.2, 0.25) is 0 Å². The summed E-state index contributed by atoms with van der Waals surface area (Å²) in [4.78, 5) is 11.5. The van der Waals surface area contributed by atoms with Crippen LogP contribution >= 0.6 is 11.9 Å². The van der Waals surface area contributed by atoms with Crippen LogP contribution in [-0.4, -0.2) is 18.8 Å². The van der Waals surface area contributed by atoms with E-state index in [0.717, 1.165) is 24.3 Å². The first-order valence-corrected chi connectivity index (χ1v) is 7.36. The molecule has 1 aromatic carbocycles. The number of benzene rings is 1. The number of ether oxygens (including phenoxy) is 1. The monoisotopic (exact) mass is 276 g/mol. The van der Waals surface area contributed by atoms with Gasteiger partial charge in [-0.2, -0.15) is 0 Å². The molecule has 1 radical (unpaired) electrons. The van der Waals surface area contributed by atoms with Gasteiger partial charge >= 0.3 is 5.97 Å². The van der Waals surface area contributed by atoms with E-state index in [4.69, 9.17) is 4.74 Å². The molecule has 3 nitrogen and oxygen atoms in total. The van der Waals surface area contributed by atoms with Gasteiger partial charge in [0.05, 0.1) is 18.7 Å². The van der Waals surface area contributed by atoms with Crippen LogP contribution in [0.2, 0.25) is 0 Å². The highest BCUT2D eigenvalue weighted by atomic mass is 32.2. The van der Waals surface area contributed by atoms with E-state index in [2.05, 4.69) is 16.9 Å². The molecule has 1 aliphatic rings. The zero-order chi connectivity index (χ0) is 13.5. The van der Waals surface area contributed by atoms with Gasteiger partial charge in [0.15, 0.2) is 0 Å². The predicted octanol–water partition coefficient (Wildman–Crippen LogP) is 3.33. The highest BCUT2D eigenvalue weighted by Gasteiger charge is 2.24. The van der Waals surface area contributed by atoms with Gasteiger partial charge in [-0.15, -0.1) is 0 Å². The van der Waals surface area contributed by atoms with Crippen LogP contribution < -0.4 is 4.72 Å². The quantitative estimate of drug-likeness (QED) is 0.470. The van der Waals surface area contributed by atoms with E-state index in [9.17, 15) is 4.79 Å². The number of methoxy groups -OCH3 is 1. The first-order chi connectivity index (χ1) is 9.29. The first-order valence-electron chi connectivity index (χ1n) is 6.42. The van der Waals surface area contributed by atoms with Gasteiger partial charge in [-0.25, -0.2) is 4.72 Å². The van der Waals surface area contributed by atoms with Crippen molar-refractivity contribution in [3.05, 3.63) is 42.5 Å². The van der Waals surface area contributed by atoms with Crippen LogP contribution in [0, 0.1) is 11.8 Å². The Bertz CT molecular complexity index is 433. The summed E-state index contributed by atoms with van der Waals surface area (Å²) in [5, 5.41) is 0. The highest BCUT2D eigenvalue weighted by Crippen LogP contribution is 2.27. The summed E-state index contributed by atoms with van der Waals surface area (Å²) in [6.45, 7) is 0. The Kier molecular flexibility index (Phi) is 5.33. The molecule has 0 amide bonds. The van der Waals surface area contributed by atoms with Gasteiger partial charge in [0.1, 0.15) is 0 Å². The van der Waals surface area contributed by atoms with E-state index in [0.29, 0.717) is 5.92 Å². The fraction of sp³-hybridized carbons (Fsp3) is 0.400. The minimum atomic E-state index is -0.0978. The lowest BCUT2D eigenvalue weighted by molar-refractivity contribution is -0.145. The number of allylic oxidation sites excluding steroid dienone is 2. The topological polar surface area (TPSA) is 40.4 Å². The summed E-state index contributed by atoms with van der Waals surface area (Å²) < 4.78 is 9.27. The minimum absolute atomic E-state index is 0.0114. The molecule has 0 bridgehead atoms. The Balaban J connectivity index is 1.76. The molecule has 0 saturated heterocycles. The van der Waals surface area contributed by atoms with Crippen LogP contribution in [0.1, 0.15) is 12.8 Å². The van der Waals surface area contributed by atoms with Gasteiger partial charge in [-0.3, -0.25) is 4.79 Å². The zero-order valence-corrected chi connectivity index (χ0v) is 11.8. The fourth-order valence-corrected chi connectivity index (χ4v) is 2.94. The molecular weight excluding hydrogens is 258 g/mol. The molecule has 1 aromatic rings.